The second-order valence-electron chi connectivity index (χ2n) is 5.27. The standard InChI is InChI=1S/C16H18N2O3/c1-9-14(17-15(10-4-5-10)18-16(9)19)12-8-11(20-2)6-7-13(12)21-3/h6-8,10H,4-5H2,1-3H3,(H,17,18,19). The van der Waals surface area contributed by atoms with Crippen molar-refractivity contribution in [2.24, 2.45) is 0 Å². The molecule has 1 saturated carbocycles. The van der Waals surface area contributed by atoms with Gasteiger partial charge in [0.05, 0.1) is 19.9 Å². The SMILES string of the molecule is COc1ccc(OC)c(-c2nc(C3CC3)[nH]c(=O)c2C)c1. The highest BCUT2D eigenvalue weighted by molar-refractivity contribution is 5.71. The van der Waals surface area contributed by atoms with Crippen LogP contribution >= 0.6 is 0 Å². The van der Waals surface area contributed by atoms with Gasteiger partial charge in [-0.3, -0.25) is 4.79 Å². The number of ether oxygens (including phenoxy) is 2. The van der Waals surface area contributed by atoms with E-state index in [1.807, 2.05) is 18.2 Å². The van der Waals surface area contributed by atoms with E-state index in [-0.39, 0.29) is 5.56 Å². The monoisotopic (exact) mass is 286 g/mol. The Morgan fingerprint density at radius 1 is 1.24 bits per heavy atom. The first-order valence-electron chi connectivity index (χ1n) is 6.97. The van der Waals surface area contributed by atoms with Gasteiger partial charge in [0.2, 0.25) is 0 Å². The summed E-state index contributed by atoms with van der Waals surface area (Å²) in [6.07, 6.45) is 2.17. The highest BCUT2D eigenvalue weighted by Crippen LogP contribution is 2.39. The minimum atomic E-state index is -0.0910. The molecule has 0 aliphatic heterocycles. The van der Waals surface area contributed by atoms with E-state index in [9.17, 15) is 4.79 Å². The third-order valence-corrected chi connectivity index (χ3v) is 3.80. The second kappa shape index (κ2) is 5.24. The summed E-state index contributed by atoms with van der Waals surface area (Å²) in [7, 11) is 3.22. The molecule has 3 rings (SSSR count). The van der Waals surface area contributed by atoms with E-state index in [1.165, 1.54) is 0 Å². The maximum atomic E-state index is 12.2. The molecular formula is C16H18N2O3. The van der Waals surface area contributed by atoms with Crippen LogP contribution in [0.25, 0.3) is 11.3 Å². The van der Waals surface area contributed by atoms with Crippen LogP contribution in [-0.4, -0.2) is 24.2 Å². The zero-order valence-corrected chi connectivity index (χ0v) is 12.4. The van der Waals surface area contributed by atoms with Crippen LogP contribution in [0.4, 0.5) is 0 Å². The Kier molecular flexibility index (Phi) is 3.41. The molecule has 0 radical (unpaired) electrons. The van der Waals surface area contributed by atoms with Gasteiger partial charge in [0.25, 0.3) is 5.56 Å². The van der Waals surface area contributed by atoms with Crippen LogP contribution in [0.3, 0.4) is 0 Å². The summed E-state index contributed by atoms with van der Waals surface area (Å²) in [5, 5.41) is 0. The molecule has 110 valence electrons. The van der Waals surface area contributed by atoms with Gasteiger partial charge in [0, 0.05) is 17.0 Å². The van der Waals surface area contributed by atoms with E-state index in [4.69, 9.17) is 9.47 Å². The minimum absolute atomic E-state index is 0.0910. The average molecular weight is 286 g/mol. The molecular weight excluding hydrogens is 268 g/mol. The Morgan fingerprint density at radius 2 is 2.00 bits per heavy atom. The summed E-state index contributed by atoms with van der Waals surface area (Å²) >= 11 is 0. The maximum absolute atomic E-state index is 12.2. The van der Waals surface area contributed by atoms with E-state index in [1.54, 1.807) is 21.1 Å². The van der Waals surface area contributed by atoms with Gasteiger partial charge in [-0.1, -0.05) is 0 Å². The summed E-state index contributed by atoms with van der Waals surface area (Å²) in [6.45, 7) is 1.77. The van der Waals surface area contributed by atoms with E-state index in [0.717, 1.165) is 24.2 Å². The fourth-order valence-corrected chi connectivity index (χ4v) is 2.36. The maximum Gasteiger partial charge on any atom is 0.254 e. The van der Waals surface area contributed by atoms with Crippen molar-refractivity contribution in [1.82, 2.24) is 9.97 Å². The number of aromatic nitrogens is 2. The summed E-state index contributed by atoms with van der Waals surface area (Å²) in [4.78, 5) is 19.7. The van der Waals surface area contributed by atoms with Crippen LogP contribution in [0.1, 0.15) is 30.1 Å². The molecule has 5 heteroatoms. The predicted molar refractivity (Wildman–Crippen MR) is 80.1 cm³/mol. The first kappa shape index (κ1) is 13.7. The summed E-state index contributed by atoms with van der Waals surface area (Å²) in [5.74, 6) is 2.54. The average Bonchev–Trinajstić information content (AvgIpc) is 3.34. The van der Waals surface area contributed by atoms with Crippen molar-refractivity contribution in [2.45, 2.75) is 25.7 Å². The van der Waals surface area contributed by atoms with Crippen molar-refractivity contribution in [1.29, 1.82) is 0 Å². The van der Waals surface area contributed by atoms with Gasteiger partial charge in [-0.25, -0.2) is 4.98 Å². The largest absolute Gasteiger partial charge is 0.497 e. The zero-order chi connectivity index (χ0) is 15.0. The number of nitrogens with one attached hydrogen (secondary N) is 1. The highest BCUT2D eigenvalue weighted by atomic mass is 16.5. The van der Waals surface area contributed by atoms with Gasteiger partial charge in [0.15, 0.2) is 0 Å². The molecule has 0 saturated heterocycles. The molecule has 1 aliphatic rings. The number of H-pyrrole nitrogens is 1. The molecule has 1 aliphatic carbocycles. The lowest BCUT2D eigenvalue weighted by atomic mass is 10.1. The number of nitrogens with zero attached hydrogens (tertiary/aromatic N) is 1. The quantitative estimate of drug-likeness (QED) is 0.938. The predicted octanol–water partition coefficient (Wildman–Crippen LogP) is 2.64. The number of hydrogen-bond acceptors (Lipinski definition) is 4. The third kappa shape index (κ3) is 2.51. The van der Waals surface area contributed by atoms with Gasteiger partial charge >= 0.3 is 0 Å². The van der Waals surface area contributed by atoms with Gasteiger partial charge in [0.1, 0.15) is 17.3 Å². The Hall–Kier alpha value is -2.30. The fraction of sp³-hybridized carbons (Fsp3) is 0.375. The van der Waals surface area contributed by atoms with Crippen LogP contribution in [0.5, 0.6) is 11.5 Å². The number of hydrogen-bond donors (Lipinski definition) is 1. The topological polar surface area (TPSA) is 64.2 Å². The molecule has 1 aromatic heterocycles. The van der Waals surface area contributed by atoms with Gasteiger partial charge in [-0.05, 0) is 38.0 Å². The van der Waals surface area contributed by atoms with Crippen LogP contribution in [0, 0.1) is 6.92 Å². The van der Waals surface area contributed by atoms with E-state index < -0.39 is 0 Å². The molecule has 0 bridgehead atoms. The first-order chi connectivity index (χ1) is 10.1. The molecule has 21 heavy (non-hydrogen) atoms. The normalized spacial score (nSPS) is 14.0. The van der Waals surface area contributed by atoms with Gasteiger partial charge in [-0.15, -0.1) is 0 Å². The summed E-state index contributed by atoms with van der Waals surface area (Å²) < 4.78 is 10.7. The Labute approximate surface area is 123 Å². The molecule has 1 aromatic carbocycles. The molecule has 1 heterocycles. The Balaban J connectivity index is 2.21. The Morgan fingerprint density at radius 3 is 2.62 bits per heavy atom. The zero-order valence-electron chi connectivity index (χ0n) is 12.4. The Bertz CT molecular complexity index is 733. The van der Waals surface area contributed by atoms with Crippen molar-refractivity contribution in [3.63, 3.8) is 0 Å². The van der Waals surface area contributed by atoms with Crippen molar-refractivity contribution in [3.8, 4) is 22.8 Å². The van der Waals surface area contributed by atoms with Crippen molar-refractivity contribution in [2.75, 3.05) is 14.2 Å². The summed E-state index contributed by atoms with van der Waals surface area (Å²) in [5.41, 5.74) is 1.94. The molecule has 5 nitrogen and oxygen atoms in total. The molecule has 0 atom stereocenters. The third-order valence-electron chi connectivity index (χ3n) is 3.80. The lowest BCUT2D eigenvalue weighted by Gasteiger charge is -2.12. The number of benzene rings is 1. The van der Waals surface area contributed by atoms with E-state index in [2.05, 4.69) is 9.97 Å². The minimum Gasteiger partial charge on any atom is -0.497 e. The smallest absolute Gasteiger partial charge is 0.254 e. The summed E-state index contributed by atoms with van der Waals surface area (Å²) in [6, 6.07) is 5.50. The van der Waals surface area contributed by atoms with Crippen molar-refractivity contribution in [3.05, 3.63) is 39.9 Å². The number of methoxy groups -OCH3 is 2. The van der Waals surface area contributed by atoms with Gasteiger partial charge < -0.3 is 14.5 Å². The molecule has 0 unspecified atom stereocenters. The molecule has 2 aromatic rings. The second-order valence-corrected chi connectivity index (χ2v) is 5.27. The first-order valence-corrected chi connectivity index (χ1v) is 6.97. The molecule has 1 N–H and O–H groups in total. The molecule has 0 spiro atoms. The number of rotatable bonds is 4. The van der Waals surface area contributed by atoms with Crippen LogP contribution < -0.4 is 15.0 Å². The lowest BCUT2D eigenvalue weighted by molar-refractivity contribution is 0.404. The van der Waals surface area contributed by atoms with Crippen LogP contribution in [0.15, 0.2) is 23.0 Å². The molecule has 0 amide bonds. The van der Waals surface area contributed by atoms with E-state index >= 15 is 0 Å². The van der Waals surface area contributed by atoms with Crippen LogP contribution in [-0.2, 0) is 0 Å². The lowest BCUT2D eigenvalue weighted by Crippen LogP contribution is -2.16. The fourth-order valence-electron chi connectivity index (χ4n) is 2.36. The number of aromatic amines is 1. The molecule has 1 fully saturated rings. The van der Waals surface area contributed by atoms with E-state index in [0.29, 0.717) is 28.7 Å². The van der Waals surface area contributed by atoms with Crippen LogP contribution in [0.2, 0.25) is 0 Å². The van der Waals surface area contributed by atoms with Crippen molar-refractivity contribution >= 4 is 0 Å². The van der Waals surface area contributed by atoms with Gasteiger partial charge in [-0.2, -0.15) is 0 Å². The van der Waals surface area contributed by atoms with Crippen molar-refractivity contribution < 1.29 is 9.47 Å². The highest BCUT2D eigenvalue weighted by Gasteiger charge is 2.27.